The van der Waals surface area contributed by atoms with E-state index >= 15 is 0 Å². The standard InChI is InChI=1S/C24H32N4O3/c25-13-24(9-16-2-1-3-17(16)10-24)14-26-11-15-4-5-19-18(8-15)12-28(23(19)31)20-6-7-21(29)27-22(20)30/h4-5,8,16-17,20,26H,1-3,6-7,9-14,25H2,(H,27,29,30). The second-order valence-electron chi connectivity index (χ2n) is 10.1. The summed E-state index contributed by atoms with van der Waals surface area (Å²) in [6, 6.07) is 5.38. The molecule has 3 unspecified atom stereocenters. The van der Waals surface area contributed by atoms with Gasteiger partial charge in [0.2, 0.25) is 11.8 Å². The molecule has 5 rings (SSSR count). The van der Waals surface area contributed by atoms with Crippen molar-refractivity contribution in [3.63, 3.8) is 0 Å². The van der Waals surface area contributed by atoms with E-state index in [-0.39, 0.29) is 29.6 Å². The van der Waals surface area contributed by atoms with Crippen LogP contribution in [-0.4, -0.2) is 41.8 Å². The van der Waals surface area contributed by atoms with Crippen molar-refractivity contribution in [1.29, 1.82) is 0 Å². The summed E-state index contributed by atoms with van der Waals surface area (Å²) in [5.41, 5.74) is 9.20. The lowest BCUT2D eigenvalue weighted by atomic mass is 9.83. The first-order valence-electron chi connectivity index (χ1n) is 11.7. The van der Waals surface area contributed by atoms with Crippen LogP contribution in [0.25, 0.3) is 0 Å². The highest BCUT2D eigenvalue weighted by atomic mass is 16.2. The van der Waals surface area contributed by atoms with Gasteiger partial charge in [-0.15, -0.1) is 0 Å². The first-order chi connectivity index (χ1) is 15.0. The number of hydrogen-bond donors (Lipinski definition) is 3. The third kappa shape index (κ3) is 3.78. The zero-order chi connectivity index (χ0) is 21.6. The van der Waals surface area contributed by atoms with E-state index in [9.17, 15) is 14.4 Å². The maximum atomic E-state index is 12.8. The molecule has 1 aromatic rings. The molecule has 4 N–H and O–H groups in total. The number of amides is 3. The molecule has 2 aliphatic heterocycles. The van der Waals surface area contributed by atoms with Gasteiger partial charge < -0.3 is 16.0 Å². The van der Waals surface area contributed by atoms with Crippen LogP contribution in [-0.2, 0) is 22.7 Å². The van der Waals surface area contributed by atoms with E-state index in [1.807, 2.05) is 12.1 Å². The Kier molecular flexibility index (Phi) is 5.34. The number of imide groups is 1. The maximum absolute atomic E-state index is 12.8. The molecule has 3 fully saturated rings. The number of carbonyl (C=O) groups is 3. The van der Waals surface area contributed by atoms with Gasteiger partial charge >= 0.3 is 0 Å². The molecule has 0 spiro atoms. The Hall–Kier alpha value is -2.25. The molecule has 7 nitrogen and oxygen atoms in total. The number of nitrogens with zero attached hydrogens (tertiary/aromatic N) is 1. The first kappa shape index (κ1) is 20.6. The van der Waals surface area contributed by atoms with Gasteiger partial charge in [-0.2, -0.15) is 0 Å². The van der Waals surface area contributed by atoms with Gasteiger partial charge in [0.25, 0.3) is 5.91 Å². The number of carbonyl (C=O) groups excluding carboxylic acids is 3. The molecule has 7 heteroatoms. The normalized spacial score (nSPS) is 32.4. The maximum Gasteiger partial charge on any atom is 0.255 e. The highest BCUT2D eigenvalue weighted by molar-refractivity contribution is 6.05. The van der Waals surface area contributed by atoms with Crippen LogP contribution in [0.15, 0.2) is 18.2 Å². The van der Waals surface area contributed by atoms with Crippen LogP contribution >= 0.6 is 0 Å². The van der Waals surface area contributed by atoms with E-state index in [2.05, 4.69) is 16.7 Å². The summed E-state index contributed by atoms with van der Waals surface area (Å²) in [6.45, 7) is 2.85. The number of piperidine rings is 1. The molecule has 0 bridgehead atoms. The summed E-state index contributed by atoms with van der Waals surface area (Å²) in [6.07, 6.45) is 7.29. The van der Waals surface area contributed by atoms with Crippen molar-refractivity contribution < 1.29 is 14.4 Å². The van der Waals surface area contributed by atoms with Gasteiger partial charge in [0, 0.05) is 31.6 Å². The average molecular weight is 425 g/mol. The van der Waals surface area contributed by atoms with Crippen LogP contribution in [0.3, 0.4) is 0 Å². The Labute approximate surface area is 183 Å². The summed E-state index contributed by atoms with van der Waals surface area (Å²) in [5.74, 6) is 0.987. The van der Waals surface area contributed by atoms with Crippen LogP contribution in [0.1, 0.15) is 66.4 Å². The molecule has 31 heavy (non-hydrogen) atoms. The lowest BCUT2D eigenvalue weighted by Gasteiger charge is -2.29. The van der Waals surface area contributed by atoms with Crippen molar-refractivity contribution in [2.45, 2.75) is 64.1 Å². The third-order valence-electron chi connectivity index (χ3n) is 8.06. The summed E-state index contributed by atoms with van der Waals surface area (Å²) >= 11 is 0. The van der Waals surface area contributed by atoms with E-state index in [0.717, 1.165) is 42.6 Å². The van der Waals surface area contributed by atoms with Gasteiger partial charge in [0.1, 0.15) is 6.04 Å². The Bertz CT molecular complexity index is 902. The molecule has 3 atom stereocenters. The predicted octanol–water partition coefficient (Wildman–Crippen LogP) is 1.69. The monoisotopic (exact) mass is 424 g/mol. The summed E-state index contributed by atoms with van der Waals surface area (Å²) in [5, 5.41) is 5.98. The zero-order valence-electron chi connectivity index (χ0n) is 18.0. The van der Waals surface area contributed by atoms with Crippen LogP contribution < -0.4 is 16.4 Å². The Morgan fingerprint density at radius 3 is 2.61 bits per heavy atom. The first-order valence-corrected chi connectivity index (χ1v) is 11.7. The minimum absolute atomic E-state index is 0.122. The van der Waals surface area contributed by atoms with Crippen molar-refractivity contribution in [3.8, 4) is 0 Å². The summed E-state index contributed by atoms with van der Waals surface area (Å²) < 4.78 is 0. The molecule has 0 aromatic heterocycles. The van der Waals surface area contributed by atoms with Gasteiger partial charge in [-0.05, 0) is 60.3 Å². The van der Waals surface area contributed by atoms with Crippen LogP contribution in [0.4, 0.5) is 0 Å². The number of rotatable bonds is 6. The lowest BCUT2D eigenvalue weighted by molar-refractivity contribution is -0.136. The van der Waals surface area contributed by atoms with Crippen molar-refractivity contribution in [2.24, 2.45) is 23.0 Å². The zero-order valence-corrected chi connectivity index (χ0v) is 18.0. The number of benzene rings is 1. The largest absolute Gasteiger partial charge is 0.330 e. The fourth-order valence-electron chi connectivity index (χ4n) is 6.44. The average Bonchev–Trinajstić information content (AvgIpc) is 3.41. The number of fused-ring (bicyclic) bond motifs is 2. The molecule has 2 heterocycles. The molecule has 3 amide bonds. The number of nitrogens with one attached hydrogen (secondary N) is 2. The Balaban J connectivity index is 1.21. The van der Waals surface area contributed by atoms with E-state index in [1.54, 1.807) is 4.90 Å². The van der Waals surface area contributed by atoms with Crippen molar-refractivity contribution in [1.82, 2.24) is 15.5 Å². The predicted molar refractivity (Wildman–Crippen MR) is 116 cm³/mol. The van der Waals surface area contributed by atoms with Gasteiger partial charge in [-0.25, -0.2) is 0 Å². The lowest BCUT2D eigenvalue weighted by Crippen LogP contribution is -2.52. The fraction of sp³-hybridized carbons (Fsp3) is 0.625. The quantitative estimate of drug-likeness (QED) is 0.603. The molecule has 2 aliphatic carbocycles. The van der Waals surface area contributed by atoms with Crippen molar-refractivity contribution in [2.75, 3.05) is 13.1 Å². The molecule has 4 aliphatic rings. The van der Waals surface area contributed by atoms with Crippen LogP contribution in [0.2, 0.25) is 0 Å². The number of hydrogen-bond acceptors (Lipinski definition) is 5. The molecule has 0 radical (unpaired) electrons. The molecular weight excluding hydrogens is 392 g/mol. The highest BCUT2D eigenvalue weighted by Gasteiger charge is 2.45. The molecule has 166 valence electrons. The third-order valence-corrected chi connectivity index (χ3v) is 8.06. The summed E-state index contributed by atoms with van der Waals surface area (Å²) in [7, 11) is 0. The van der Waals surface area contributed by atoms with E-state index in [4.69, 9.17) is 5.73 Å². The topological polar surface area (TPSA) is 105 Å². The SMILES string of the molecule is NCC1(CNCc2ccc3c(c2)CN(C2CCC(=O)NC2=O)C3=O)CC2CCCC2C1. The van der Waals surface area contributed by atoms with Crippen molar-refractivity contribution in [3.05, 3.63) is 34.9 Å². The van der Waals surface area contributed by atoms with E-state index in [1.165, 1.54) is 32.1 Å². The molecule has 1 saturated heterocycles. The Morgan fingerprint density at radius 2 is 1.90 bits per heavy atom. The van der Waals surface area contributed by atoms with E-state index in [0.29, 0.717) is 18.5 Å². The van der Waals surface area contributed by atoms with E-state index < -0.39 is 6.04 Å². The van der Waals surface area contributed by atoms with Crippen molar-refractivity contribution >= 4 is 17.7 Å². The minimum atomic E-state index is -0.564. The van der Waals surface area contributed by atoms with Gasteiger partial charge in [0.05, 0.1) is 0 Å². The second kappa shape index (κ2) is 8.02. The second-order valence-corrected chi connectivity index (χ2v) is 10.1. The number of nitrogens with two attached hydrogens (primary N) is 1. The fourth-order valence-corrected chi connectivity index (χ4v) is 6.44. The molecule has 1 aromatic carbocycles. The van der Waals surface area contributed by atoms with Gasteiger partial charge in [-0.3, -0.25) is 19.7 Å². The molecule has 2 saturated carbocycles. The van der Waals surface area contributed by atoms with Gasteiger partial charge in [0.15, 0.2) is 0 Å². The summed E-state index contributed by atoms with van der Waals surface area (Å²) in [4.78, 5) is 38.1. The molecular formula is C24H32N4O3. The smallest absolute Gasteiger partial charge is 0.255 e. The Morgan fingerprint density at radius 1 is 1.13 bits per heavy atom. The minimum Gasteiger partial charge on any atom is -0.330 e. The van der Waals surface area contributed by atoms with Gasteiger partial charge in [-0.1, -0.05) is 31.4 Å². The van der Waals surface area contributed by atoms with Crippen LogP contribution in [0, 0.1) is 17.3 Å². The van der Waals surface area contributed by atoms with Crippen LogP contribution in [0.5, 0.6) is 0 Å². The highest BCUT2D eigenvalue weighted by Crippen LogP contribution is 2.52.